The van der Waals surface area contributed by atoms with Gasteiger partial charge in [0.25, 0.3) is 11.8 Å². The van der Waals surface area contributed by atoms with Crippen LogP contribution in [0.2, 0.25) is 0 Å². The van der Waals surface area contributed by atoms with Crippen LogP contribution in [-0.2, 0) is 16.1 Å². The van der Waals surface area contributed by atoms with Crippen LogP contribution in [0.5, 0.6) is 0 Å². The Morgan fingerprint density at radius 2 is 1.90 bits per heavy atom. The summed E-state index contributed by atoms with van der Waals surface area (Å²) in [5, 5.41) is 8.38. The smallest absolute Gasteiger partial charge is 0.262 e. The van der Waals surface area contributed by atoms with E-state index in [0.29, 0.717) is 31.5 Å². The molecule has 0 bridgehead atoms. The molecule has 154 valence electrons. The van der Waals surface area contributed by atoms with Gasteiger partial charge in [0.2, 0.25) is 11.8 Å². The Morgan fingerprint density at radius 3 is 2.62 bits per heavy atom. The monoisotopic (exact) mass is 402 g/mol. The minimum absolute atomic E-state index is 0.0751. The molecule has 9 heteroatoms. The molecule has 29 heavy (non-hydrogen) atoms. The maximum Gasteiger partial charge on any atom is 0.262 e. The predicted octanol–water partition coefficient (Wildman–Crippen LogP) is 0.269. The molecule has 8 nitrogen and oxygen atoms in total. The van der Waals surface area contributed by atoms with Crippen molar-refractivity contribution in [2.45, 2.75) is 43.9 Å². The lowest BCUT2D eigenvalue weighted by Crippen LogP contribution is -2.54. The molecular weight excluding hydrogens is 379 g/mol. The molecule has 3 aliphatic rings. The van der Waals surface area contributed by atoms with E-state index in [2.05, 4.69) is 16.0 Å². The Labute approximate surface area is 167 Å². The molecule has 1 unspecified atom stereocenters. The van der Waals surface area contributed by atoms with Crippen LogP contribution in [0.1, 0.15) is 52.0 Å². The molecule has 2 fully saturated rings. The summed E-state index contributed by atoms with van der Waals surface area (Å²) in [7, 11) is 0. The zero-order valence-electron chi connectivity index (χ0n) is 15.9. The van der Waals surface area contributed by atoms with Crippen molar-refractivity contribution in [1.29, 1.82) is 0 Å². The summed E-state index contributed by atoms with van der Waals surface area (Å²) in [6, 6.07) is 3.95. The van der Waals surface area contributed by atoms with Crippen LogP contribution >= 0.6 is 0 Å². The number of benzene rings is 1. The van der Waals surface area contributed by atoms with E-state index in [9.17, 15) is 23.6 Å². The summed E-state index contributed by atoms with van der Waals surface area (Å²) >= 11 is 0. The van der Waals surface area contributed by atoms with E-state index in [-0.39, 0.29) is 37.1 Å². The molecule has 3 N–H and O–H groups in total. The lowest BCUT2D eigenvalue weighted by Gasteiger charge is -2.30. The first kappa shape index (κ1) is 19.7. The van der Waals surface area contributed by atoms with E-state index in [4.69, 9.17) is 0 Å². The number of carbonyl (C=O) groups is 4. The minimum Gasteiger partial charge on any atom is -0.316 e. The Kier molecular flexibility index (Phi) is 5.18. The number of amides is 4. The zero-order valence-corrected chi connectivity index (χ0v) is 15.9. The molecule has 3 heterocycles. The van der Waals surface area contributed by atoms with E-state index in [1.807, 2.05) is 0 Å². The largest absolute Gasteiger partial charge is 0.316 e. The van der Waals surface area contributed by atoms with Crippen molar-refractivity contribution in [2.75, 3.05) is 19.6 Å². The molecule has 4 amide bonds. The van der Waals surface area contributed by atoms with Crippen LogP contribution in [0.15, 0.2) is 18.2 Å². The van der Waals surface area contributed by atoms with Gasteiger partial charge in [-0.1, -0.05) is 12.1 Å². The van der Waals surface area contributed by atoms with Crippen molar-refractivity contribution in [1.82, 2.24) is 20.9 Å². The first-order valence-corrected chi connectivity index (χ1v) is 9.83. The maximum absolute atomic E-state index is 14.8. The van der Waals surface area contributed by atoms with Gasteiger partial charge in [-0.3, -0.25) is 29.4 Å². The molecule has 2 saturated heterocycles. The second-order valence-corrected chi connectivity index (χ2v) is 7.79. The molecule has 0 aromatic heterocycles. The van der Waals surface area contributed by atoms with E-state index in [0.717, 1.165) is 4.90 Å². The number of alkyl halides is 1. The first-order chi connectivity index (χ1) is 13.9. The number of hydrogen-bond donors (Lipinski definition) is 3. The van der Waals surface area contributed by atoms with Gasteiger partial charge in [0, 0.05) is 19.5 Å². The van der Waals surface area contributed by atoms with Crippen LogP contribution in [0, 0.1) is 0 Å². The number of fused-ring (bicyclic) bond motifs is 1. The Morgan fingerprint density at radius 1 is 1.14 bits per heavy atom. The molecule has 0 radical (unpaired) electrons. The van der Waals surface area contributed by atoms with Crippen molar-refractivity contribution >= 4 is 23.6 Å². The number of nitrogens with zero attached hydrogens (tertiary/aromatic N) is 1. The third-order valence-corrected chi connectivity index (χ3v) is 5.81. The van der Waals surface area contributed by atoms with Gasteiger partial charge >= 0.3 is 0 Å². The molecule has 0 saturated carbocycles. The van der Waals surface area contributed by atoms with Crippen LogP contribution in [-0.4, -0.2) is 59.9 Å². The fraction of sp³-hybridized carbons (Fsp3) is 0.500. The number of rotatable bonds is 5. The topological polar surface area (TPSA) is 108 Å². The fourth-order valence-corrected chi connectivity index (χ4v) is 4.21. The van der Waals surface area contributed by atoms with Crippen molar-refractivity contribution in [3.8, 4) is 0 Å². The third-order valence-electron chi connectivity index (χ3n) is 5.81. The van der Waals surface area contributed by atoms with Gasteiger partial charge in [0.1, 0.15) is 11.7 Å². The second kappa shape index (κ2) is 7.64. The van der Waals surface area contributed by atoms with E-state index in [1.54, 1.807) is 18.2 Å². The molecule has 1 aromatic carbocycles. The summed E-state index contributed by atoms with van der Waals surface area (Å²) < 4.78 is 14.8. The highest BCUT2D eigenvalue weighted by Gasteiger charge is 2.45. The summed E-state index contributed by atoms with van der Waals surface area (Å²) in [4.78, 5) is 50.3. The molecule has 0 aliphatic carbocycles. The van der Waals surface area contributed by atoms with Crippen molar-refractivity contribution < 1.29 is 23.6 Å². The average molecular weight is 402 g/mol. The number of nitrogens with one attached hydrogen (secondary N) is 3. The van der Waals surface area contributed by atoms with Crippen LogP contribution < -0.4 is 16.0 Å². The van der Waals surface area contributed by atoms with Gasteiger partial charge in [-0.15, -0.1) is 0 Å². The van der Waals surface area contributed by atoms with Crippen LogP contribution in [0.4, 0.5) is 4.39 Å². The standard InChI is InChI=1S/C20H23FN4O4/c21-20(6-8-22-9-7-20)11-23-10-12-2-1-3-13-16(12)19(29)25(18(13)28)14-4-5-15(26)24-17(14)27/h1-3,14,22-23H,4-11H2,(H,24,26,27). The van der Waals surface area contributed by atoms with Crippen molar-refractivity contribution in [3.63, 3.8) is 0 Å². The van der Waals surface area contributed by atoms with E-state index in [1.165, 1.54) is 0 Å². The highest BCUT2D eigenvalue weighted by atomic mass is 19.1. The Balaban J connectivity index is 1.50. The van der Waals surface area contributed by atoms with E-state index >= 15 is 0 Å². The van der Waals surface area contributed by atoms with Crippen molar-refractivity contribution in [3.05, 3.63) is 34.9 Å². The Bertz CT molecular complexity index is 881. The van der Waals surface area contributed by atoms with E-state index < -0.39 is 35.3 Å². The van der Waals surface area contributed by atoms with Crippen molar-refractivity contribution in [2.24, 2.45) is 0 Å². The van der Waals surface area contributed by atoms with Gasteiger partial charge in [-0.2, -0.15) is 0 Å². The number of carbonyl (C=O) groups excluding carboxylic acids is 4. The number of piperidine rings is 2. The van der Waals surface area contributed by atoms with Gasteiger partial charge < -0.3 is 10.6 Å². The normalized spacial score (nSPS) is 23.9. The summed E-state index contributed by atoms with van der Waals surface area (Å²) in [5.74, 6) is -2.14. The highest BCUT2D eigenvalue weighted by Crippen LogP contribution is 2.30. The molecule has 1 aromatic rings. The van der Waals surface area contributed by atoms with Gasteiger partial charge in [-0.25, -0.2) is 4.39 Å². The maximum atomic E-state index is 14.8. The van der Waals surface area contributed by atoms with Crippen LogP contribution in [0.3, 0.4) is 0 Å². The van der Waals surface area contributed by atoms with Gasteiger partial charge in [0.05, 0.1) is 11.1 Å². The quantitative estimate of drug-likeness (QED) is 0.611. The fourth-order valence-electron chi connectivity index (χ4n) is 4.21. The number of hydrogen-bond acceptors (Lipinski definition) is 6. The third kappa shape index (κ3) is 3.67. The lowest BCUT2D eigenvalue weighted by molar-refractivity contribution is -0.136. The van der Waals surface area contributed by atoms with Gasteiger partial charge in [-0.05, 0) is 44.0 Å². The molecule has 0 spiro atoms. The summed E-state index contributed by atoms with van der Waals surface area (Å²) in [5.41, 5.74) is -0.223. The molecule has 1 atom stereocenters. The molecule has 4 rings (SSSR count). The SMILES string of the molecule is O=C1CCC(N2C(=O)c3cccc(CNCC4(F)CCNCC4)c3C2=O)C(=O)N1. The molecule has 3 aliphatic heterocycles. The Hall–Kier alpha value is -2.65. The first-order valence-electron chi connectivity index (χ1n) is 9.83. The lowest BCUT2D eigenvalue weighted by atomic mass is 9.94. The minimum atomic E-state index is -1.29. The highest BCUT2D eigenvalue weighted by molar-refractivity contribution is 6.24. The second-order valence-electron chi connectivity index (χ2n) is 7.79. The average Bonchev–Trinajstić information content (AvgIpc) is 2.94. The predicted molar refractivity (Wildman–Crippen MR) is 101 cm³/mol. The zero-order chi connectivity index (χ0) is 20.6. The summed E-state index contributed by atoms with van der Waals surface area (Å²) in [6.45, 7) is 1.67. The van der Waals surface area contributed by atoms with Crippen LogP contribution in [0.25, 0.3) is 0 Å². The van der Waals surface area contributed by atoms with Gasteiger partial charge in [0.15, 0.2) is 0 Å². The number of imide groups is 2. The molecular formula is C20H23FN4O4. The number of halogens is 1. The summed E-state index contributed by atoms with van der Waals surface area (Å²) in [6.07, 6.45) is 1.04.